The van der Waals surface area contributed by atoms with E-state index in [0.29, 0.717) is 46.1 Å². The lowest BCUT2D eigenvalue weighted by Crippen LogP contribution is -2.51. The molecule has 4 rings (SSSR count). The van der Waals surface area contributed by atoms with Crippen LogP contribution in [0.5, 0.6) is 11.5 Å². The van der Waals surface area contributed by atoms with Crippen LogP contribution in [0.1, 0.15) is 49.7 Å². The number of aliphatic hydroxyl groups is 1. The summed E-state index contributed by atoms with van der Waals surface area (Å²) >= 11 is 0. The molecule has 1 saturated heterocycles. The second-order valence-electron chi connectivity index (χ2n) is 11.1. The number of hydrogen-bond donors (Lipinski definition) is 2. The molecule has 2 unspecified atom stereocenters. The highest BCUT2D eigenvalue weighted by Crippen LogP contribution is 2.35. The molecule has 234 valence electrons. The van der Waals surface area contributed by atoms with Gasteiger partial charge in [-0.2, -0.15) is 0 Å². The SMILES string of the molecule is CCC[C@@H](O)CO[C@@H]1CNCC(OCc2ccc3c(c2)N(CCCOC)CCO3)C1c1ccc(OCCCOC)cc1. The van der Waals surface area contributed by atoms with Crippen molar-refractivity contribution in [2.45, 2.75) is 63.4 Å². The Bertz CT molecular complexity index is 1040. The summed E-state index contributed by atoms with van der Waals surface area (Å²) in [4.78, 5) is 2.37. The van der Waals surface area contributed by atoms with Gasteiger partial charge in [0, 0.05) is 59.4 Å². The molecular formula is C33H50N2O7. The summed E-state index contributed by atoms with van der Waals surface area (Å²) in [5.74, 6) is 1.76. The fraction of sp³-hybridized carbons (Fsp3) is 0.636. The third-order valence-electron chi connectivity index (χ3n) is 7.87. The number of methoxy groups -OCH3 is 2. The summed E-state index contributed by atoms with van der Waals surface area (Å²) in [6, 6.07) is 14.6. The number of ether oxygens (including phenoxy) is 6. The predicted octanol–water partition coefficient (Wildman–Crippen LogP) is 4.16. The zero-order valence-corrected chi connectivity index (χ0v) is 25.6. The van der Waals surface area contributed by atoms with Gasteiger partial charge in [-0.15, -0.1) is 0 Å². The number of rotatable bonds is 18. The summed E-state index contributed by atoms with van der Waals surface area (Å²) in [7, 11) is 3.44. The van der Waals surface area contributed by atoms with Crippen LogP contribution in [0.3, 0.4) is 0 Å². The van der Waals surface area contributed by atoms with Gasteiger partial charge in [0.15, 0.2) is 0 Å². The Hall–Kier alpha value is -2.40. The maximum absolute atomic E-state index is 10.4. The molecular weight excluding hydrogens is 536 g/mol. The Balaban J connectivity index is 1.46. The number of nitrogens with one attached hydrogen (secondary N) is 1. The Kier molecular flexibility index (Phi) is 13.7. The van der Waals surface area contributed by atoms with Crippen LogP contribution in [0.4, 0.5) is 5.69 Å². The van der Waals surface area contributed by atoms with E-state index < -0.39 is 6.10 Å². The van der Waals surface area contributed by atoms with E-state index in [2.05, 4.69) is 47.5 Å². The van der Waals surface area contributed by atoms with Gasteiger partial charge in [0.1, 0.15) is 18.1 Å². The fourth-order valence-corrected chi connectivity index (χ4v) is 5.69. The highest BCUT2D eigenvalue weighted by molar-refractivity contribution is 5.61. The van der Waals surface area contributed by atoms with Crippen molar-refractivity contribution in [2.75, 3.05) is 78.3 Å². The van der Waals surface area contributed by atoms with Crippen LogP contribution in [-0.4, -0.2) is 96.9 Å². The lowest BCUT2D eigenvalue weighted by Gasteiger charge is -2.39. The molecule has 0 aromatic heterocycles. The molecule has 0 radical (unpaired) electrons. The first-order chi connectivity index (χ1) is 20.6. The van der Waals surface area contributed by atoms with E-state index in [1.54, 1.807) is 14.2 Å². The van der Waals surface area contributed by atoms with Gasteiger partial charge in [-0.25, -0.2) is 0 Å². The maximum Gasteiger partial charge on any atom is 0.142 e. The molecule has 2 aromatic carbocycles. The number of aliphatic hydroxyl groups excluding tert-OH is 1. The van der Waals surface area contributed by atoms with Gasteiger partial charge in [0.25, 0.3) is 0 Å². The summed E-state index contributed by atoms with van der Waals surface area (Å²) < 4.78 is 35.2. The monoisotopic (exact) mass is 586 g/mol. The zero-order chi connectivity index (χ0) is 29.6. The molecule has 2 aliphatic heterocycles. The average Bonchev–Trinajstić information content (AvgIpc) is 3.02. The third kappa shape index (κ3) is 9.56. The van der Waals surface area contributed by atoms with Gasteiger partial charge in [0.05, 0.1) is 50.4 Å². The molecule has 2 aliphatic rings. The van der Waals surface area contributed by atoms with E-state index in [9.17, 15) is 5.11 Å². The standard InChI is InChI=1S/C33H50N2O7/c1-4-7-27(36)24-42-32-22-34-21-31(33(32)26-9-11-28(12-10-26)39-18-6-17-38-3)41-23-25-8-13-30-29(20-25)35(15-19-40-30)14-5-16-37-2/h8-13,20,27,31-34,36H,4-7,14-19,21-24H2,1-3H3/t27-,31?,32-,33?/m1/s1. The van der Waals surface area contributed by atoms with Crippen molar-refractivity contribution in [1.82, 2.24) is 5.32 Å². The normalized spacial score (nSPS) is 21.0. The Morgan fingerprint density at radius 1 is 0.976 bits per heavy atom. The van der Waals surface area contributed by atoms with Crippen molar-refractivity contribution in [3.05, 3.63) is 53.6 Å². The topological polar surface area (TPSA) is 90.9 Å². The van der Waals surface area contributed by atoms with Gasteiger partial charge in [0.2, 0.25) is 0 Å². The maximum atomic E-state index is 10.4. The molecule has 0 bridgehead atoms. The lowest BCUT2D eigenvalue weighted by atomic mass is 9.85. The molecule has 2 N–H and O–H groups in total. The largest absolute Gasteiger partial charge is 0.494 e. The summed E-state index contributed by atoms with van der Waals surface area (Å²) in [6.07, 6.45) is 2.76. The number of hydrogen-bond acceptors (Lipinski definition) is 9. The average molecular weight is 587 g/mol. The molecule has 0 spiro atoms. The van der Waals surface area contributed by atoms with Crippen molar-refractivity contribution in [1.29, 1.82) is 0 Å². The lowest BCUT2D eigenvalue weighted by molar-refractivity contribution is -0.0783. The Morgan fingerprint density at radius 2 is 1.74 bits per heavy atom. The van der Waals surface area contributed by atoms with Gasteiger partial charge in [-0.3, -0.25) is 0 Å². The van der Waals surface area contributed by atoms with Gasteiger partial charge < -0.3 is 43.7 Å². The second kappa shape index (κ2) is 17.7. The number of nitrogens with zero attached hydrogens (tertiary/aromatic N) is 1. The molecule has 4 atom stereocenters. The molecule has 9 heteroatoms. The minimum absolute atomic E-state index is 0.00845. The van der Waals surface area contributed by atoms with E-state index in [0.717, 1.165) is 73.7 Å². The van der Waals surface area contributed by atoms with Crippen LogP contribution in [-0.2, 0) is 25.6 Å². The fourth-order valence-electron chi connectivity index (χ4n) is 5.69. The molecule has 0 amide bonds. The van der Waals surface area contributed by atoms with Crippen LogP contribution in [0, 0.1) is 0 Å². The minimum Gasteiger partial charge on any atom is -0.494 e. The van der Waals surface area contributed by atoms with Gasteiger partial charge in [-0.05, 0) is 48.2 Å². The van der Waals surface area contributed by atoms with E-state index in [4.69, 9.17) is 28.4 Å². The van der Waals surface area contributed by atoms with Crippen LogP contribution in [0.2, 0.25) is 0 Å². The number of benzene rings is 2. The van der Waals surface area contributed by atoms with Crippen molar-refractivity contribution < 1.29 is 33.5 Å². The summed E-state index contributed by atoms with van der Waals surface area (Å²) in [6.45, 7) is 8.80. The third-order valence-corrected chi connectivity index (χ3v) is 7.87. The van der Waals surface area contributed by atoms with E-state index >= 15 is 0 Å². The molecule has 2 aromatic rings. The number of piperidine rings is 1. The second-order valence-corrected chi connectivity index (χ2v) is 11.1. The van der Waals surface area contributed by atoms with Crippen LogP contribution < -0.4 is 19.7 Å². The van der Waals surface area contributed by atoms with Gasteiger partial charge in [-0.1, -0.05) is 31.5 Å². The molecule has 0 saturated carbocycles. The zero-order valence-electron chi connectivity index (χ0n) is 25.6. The molecule has 9 nitrogen and oxygen atoms in total. The minimum atomic E-state index is -0.468. The van der Waals surface area contributed by atoms with E-state index in [-0.39, 0.29) is 18.1 Å². The van der Waals surface area contributed by atoms with E-state index in [1.807, 2.05) is 12.1 Å². The molecule has 1 fully saturated rings. The number of anilines is 1. The van der Waals surface area contributed by atoms with Crippen LogP contribution in [0.15, 0.2) is 42.5 Å². The summed E-state index contributed by atoms with van der Waals surface area (Å²) in [5, 5.41) is 13.9. The van der Waals surface area contributed by atoms with Crippen molar-refractivity contribution in [3.8, 4) is 11.5 Å². The first-order valence-corrected chi connectivity index (χ1v) is 15.5. The van der Waals surface area contributed by atoms with Crippen molar-refractivity contribution in [2.24, 2.45) is 0 Å². The first kappa shape index (κ1) is 32.5. The highest BCUT2D eigenvalue weighted by atomic mass is 16.5. The Morgan fingerprint density at radius 3 is 2.50 bits per heavy atom. The van der Waals surface area contributed by atoms with E-state index in [1.165, 1.54) is 0 Å². The highest BCUT2D eigenvalue weighted by Gasteiger charge is 2.36. The Labute approximate surface area is 251 Å². The van der Waals surface area contributed by atoms with Crippen molar-refractivity contribution in [3.63, 3.8) is 0 Å². The predicted molar refractivity (Wildman–Crippen MR) is 164 cm³/mol. The molecule has 2 heterocycles. The van der Waals surface area contributed by atoms with Crippen LogP contribution >= 0.6 is 0 Å². The quantitative estimate of drug-likeness (QED) is 0.250. The first-order valence-electron chi connectivity index (χ1n) is 15.5. The molecule has 42 heavy (non-hydrogen) atoms. The summed E-state index contributed by atoms with van der Waals surface area (Å²) in [5.41, 5.74) is 3.36. The smallest absolute Gasteiger partial charge is 0.142 e. The molecule has 0 aliphatic carbocycles. The van der Waals surface area contributed by atoms with Crippen LogP contribution in [0.25, 0.3) is 0 Å². The van der Waals surface area contributed by atoms with Gasteiger partial charge >= 0.3 is 0 Å². The number of fused-ring (bicyclic) bond motifs is 1. The van der Waals surface area contributed by atoms with Crippen molar-refractivity contribution >= 4 is 5.69 Å².